The molecule has 2 heterocycles. The Labute approximate surface area is 120 Å². The number of halogens is 1. The summed E-state index contributed by atoms with van der Waals surface area (Å²) in [7, 11) is 0. The summed E-state index contributed by atoms with van der Waals surface area (Å²) in [4.78, 5) is 3.92. The van der Waals surface area contributed by atoms with E-state index in [9.17, 15) is 9.50 Å². The van der Waals surface area contributed by atoms with E-state index in [0.29, 0.717) is 24.4 Å². The number of nitrogens with one attached hydrogen (secondary N) is 1. The van der Waals surface area contributed by atoms with Crippen LogP contribution in [0.25, 0.3) is 11.3 Å². The summed E-state index contributed by atoms with van der Waals surface area (Å²) in [5, 5.41) is 16.4. The number of furan rings is 1. The fourth-order valence-electron chi connectivity index (χ4n) is 2.19. The lowest BCUT2D eigenvalue weighted by Gasteiger charge is -2.07. The van der Waals surface area contributed by atoms with Crippen LogP contribution in [-0.4, -0.2) is 20.3 Å². The number of hydrogen-bond acceptors (Lipinski definition) is 4. The van der Waals surface area contributed by atoms with E-state index in [-0.39, 0.29) is 5.82 Å². The first-order valence-electron chi connectivity index (χ1n) is 6.60. The Morgan fingerprint density at radius 3 is 2.76 bits per heavy atom. The fourth-order valence-corrected chi connectivity index (χ4v) is 2.19. The van der Waals surface area contributed by atoms with Crippen LogP contribution in [0, 0.1) is 5.82 Å². The molecule has 0 bridgehead atoms. The van der Waals surface area contributed by atoms with Crippen molar-refractivity contribution in [2.75, 3.05) is 0 Å². The smallest absolute Gasteiger partial charge is 0.178 e. The van der Waals surface area contributed by atoms with E-state index in [1.54, 1.807) is 18.4 Å². The molecule has 3 rings (SSSR count). The molecule has 0 fully saturated rings. The molecule has 1 atom stereocenters. The third kappa shape index (κ3) is 3.00. The molecule has 0 aliphatic carbocycles. The van der Waals surface area contributed by atoms with Gasteiger partial charge in [-0.3, -0.25) is 5.10 Å². The standard InChI is InChI=1S/C15H14FN3O2/c16-12-4-1-10(2-5-12)14-11(7-8-21-14)3-6-13(20)15-17-9-18-19-15/h1-2,4-5,7-9,13,20H,3,6H2,(H,17,18,19). The highest BCUT2D eigenvalue weighted by molar-refractivity contribution is 5.61. The minimum atomic E-state index is -0.729. The molecule has 1 unspecified atom stereocenters. The van der Waals surface area contributed by atoms with E-state index in [4.69, 9.17) is 4.42 Å². The van der Waals surface area contributed by atoms with Gasteiger partial charge >= 0.3 is 0 Å². The number of aromatic amines is 1. The molecule has 1 aromatic carbocycles. The van der Waals surface area contributed by atoms with Crippen molar-refractivity contribution in [3.8, 4) is 11.3 Å². The minimum absolute atomic E-state index is 0.285. The van der Waals surface area contributed by atoms with Crippen LogP contribution in [0.4, 0.5) is 4.39 Å². The van der Waals surface area contributed by atoms with Gasteiger partial charge in [0.15, 0.2) is 5.82 Å². The van der Waals surface area contributed by atoms with Crippen LogP contribution < -0.4 is 0 Å². The molecule has 0 spiro atoms. The van der Waals surface area contributed by atoms with E-state index in [0.717, 1.165) is 11.1 Å². The van der Waals surface area contributed by atoms with Crippen molar-refractivity contribution in [1.82, 2.24) is 15.2 Å². The second-order valence-corrected chi connectivity index (χ2v) is 4.69. The third-order valence-corrected chi connectivity index (χ3v) is 3.27. The first-order chi connectivity index (χ1) is 10.2. The zero-order valence-corrected chi connectivity index (χ0v) is 11.2. The van der Waals surface area contributed by atoms with Crippen LogP contribution in [0.15, 0.2) is 47.3 Å². The number of rotatable bonds is 5. The monoisotopic (exact) mass is 287 g/mol. The van der Waals surface area contributed by atoms with Crippen LogP contribution in [0.2, 0.25) is 0 Å². The highest BCUT2D eigenvalue weighted by atomic mass is 19.1. The molecule has 0 saturated heterocycles. The van der Waals surface area contributed by atoms with E-state index >= 15 is 0 Å². The zero-order chi connectivity index (χ0) is 14.7. The average molecular weight is 287 g/mol. The number of benzene rings is 1. The van der Waals surface area contributed by atoms with Crippen LogP contribution in [0.3, 0.4) is 0 Å². The molecule has 2 N–H and O–H groups in total. The SMILES string of the molecule is OC(CCc1ccoc1-c1ccc(F)cc1)c1nc[nH]n1. The summed E-state index contributed by atoms with van der Waals surface area (Å²) in [5.41, 5.74) is 1.76. The molecule has 3 aromatic rings. The topological polar surface area (TPSA) is 74.9 Å². The Bertz CT molecular complexity index is 692. The maximum absolute atomic E-state index is 13.0. The van der Waals surface area contributed by atoms with E-state index < -0.39 is 6.10 Å². The maximum atomic E-state index is 13.0. The summed E-state index contributed by atoms with van der Waals surface area (Å²) in [6.07, 6.45) is 3.38. The predicted molar refractivity (Wildman–Crippen MR) is 73.8 cm³/mol. The molecule has 0 aliphatic rings. The van der Waals surface area contributed by atoms with E-state index in [1.165, 1.54) is 18.5 Å². The molecular formula is C15H14FN3O2. The van der Waals surface area contributed by atoms with Crippen LogP contribution in [0.1, 0.15) is 23.9 Å². The van der Waals surface area contributed by atoms with Gasteiger partial charge < -0.3 is 9.52 Å². The summed E-state index contributed by atoms with van der Waals surface area (Å²) < 4.78 is 18.4. The largest absolute Gasteiger partial charge is 0.464 e. The molecule has 0 amide bonds. The molecule has 2 aromatic heterocycles. The van der Waals surface area contributed by atoms with Gasteiger partial charge in [-0.1, -0.05) is 0 Å². The predicted octanol–water partition coefficient (Wildman–Crippen LogP) is 2.87. The van der Waals surface area contributed by atoms with Crippen molar-refractivity contribution in [2.45, 2.75) is 18.9 Å². The van der Waals surface area contributed by atoms with Gasteiger partial charge in [0.05, 0.1) is 6.26 Å². The summed E-state index contributed by atoms with van der Waals surface area (Å²) >= 11 is 0. The number of H-pyrrole nitrogens is 1. The zero-order valence-electron chi connectivity index (χ0n) is 11.2. The minimum Gasteiger partial charge on any atom is -0.464 e. The number of hydrogen-bond donors (Lipinski definition) is 2. The van der Waals surface area contributed by atoms with Gasteiger partial charge in [-0.05, 0) is 48.7 Å². The second kappa shape index (κ2) is 5.88. The third-order valence-electron chi connectivity index (χ3n) is 3.27. The highest BCUT2D eigenvalue weighted by Crippen LogP contribution is 2.27. The van der Waals surface area contributed by atoms with Gasteiger partial charge in [0.1, 0.15) is 24.0 Å². The molecule has 108 valence electrons. The van der Waals surface area contributed by atoms with Gasteiger partial charge in [0, 0.05) is 5.56 Å². The van der Waals surface area contributed by atoms with E-state index in [1.807, 2.05) is 6.07 Å². The first kappa shape index (κ1) is 13.5. The van der Waals surface area contributed by atoms with Crippen LogP contribution >= 0.6 is 0 Å². The summed E-state index contributed by atoms with van der Waals surface area (Å²) in [5.74, 6) is 0.783. The Kier molecular flexibility index (Phi) is 3.79. The van der Waals surface area contributed by atoms with Crippen molar-refractivity contribution in [1.29, 1.82) is 0 Å². The Hall–Kier alpha value is -2.47. The average Bonchev–Trinajstić information content (AvgIpc) is 3.17. The molecule has 5 nitrogen and oxygen atoms in total. The maximum Gasteiger partial charge on any atom is 0.178 e. The molecule has 6 heteroatoms. The first-order valence-corrected chi connectivity index (χ1v) is 6.60. The van der Waals surface area contributed by atoms with Crippen LogP contribution in [-0.2, 0) is 6.42 Å². The summed E-state index contributed by atoms with van der Waals surface area (Å²) in [6.45, 7) is 0. The van der Waals surface area contributed by atoms with Gasteiger partial charge in [-0.25, -0.2) is 9.37 Å². The quantitative estimate of drug-likeness (QED) is 0.756. The lowest BCUT2D eigenvalue weighted by Crippen LogP contribution is -2.02. The normalized spacial score (nSPS) is 12.5. The second-order valence-electron chi connectivity index (χ2n) is 4.69. The molecule has 0 radical (unpaired) electrons. The molecular weight excluding hydrogens is 273 g/mol. The number of aryl methyl sites for hydroxylation is 1. The Morgan fingerprint density at radius 2 is 2.05 bits per heavy atom. The van der Waals surface area contributed by atoms with Crippen molar-refractivity contribution in [3.05, 3.63) is 60.1 Å². The van der Waals surface area contributed by atoms with Crippen molar-refractivity contribution >= 4 is 0 Å². The lowest BCUT2D eigenvalue weighted by atomic mass is 10.0. The van der Waals surface area contributed by atoms with E-state index in [2.05, 4.69) is 15.2 Å². The number of aliphatic hydroxyl groups is 1. The Morgan fingerprint density at radius 1 is 1.24 bits per heavy atom. The van der Waals surface area contributed by atoms with Crippen molar-refractivity contribution in [3.63, 3.8) is 0 Å². The lowest BCUT2D eigenvalue weighted by molar-refractivity contribution is 0.158. The van der Waals surface area contributed by atoms with Gasteiger partial charge in [0.2, 0.25) is 0 Å². The van der Waals surface area contributed by atoms with Gasteiger partial charge in [-0.15, -0.1) is 0 Å². The number of nitrogens with zero attached hydrogens (tertiary/aromatic N) is 2. The van der Waals surface area contributed by atoms with Crippen molar-refractivity contribution < 1.29 is 13.9 Å². The van der Waals surface area contributed by atoms with Crippen LogP contribution in [0.5, 0.6) is 0 Å². The van der Waals surface area contributed by atoms with Gasteiger partial charge in [0.25, 0.3) is 0 Å². The molecule has 21 heavy (non-hydrogen) atoms. The van der Waals surface area contributed by atoms with Crippen molar-refractivity contribution in [2.24, 2.45) is 0 Å². The Balaban J connectivity index is 1.72. The highest BCUT2D eigenvalue weighted by Gasteiger charge is 2.14. The number of aromatic nitrogens is 3. The fraction of sp³-hybridized carbons (Fsp3) is 0.200. The molecule has 0 aliphatic heterocycles. The number of aliphatic hydroxyl groups excluding tert-OH is 1. The summed E-state index contributed by atoms with van der Waals surface area (Å²) in [6, 6.07) is 7.98. The van der Waals surface area contributed by atoms with Gasteiger partial charge in [-0.2, -0.15) is 5.10 Å². The molecule has 0 saturated carbocycles.